The SMILES string of the molecule is NOCO[C@@H]1[C@H](O)[C@@H](CO)O[C@H]1n1cnc2c(N)ncnc21. The molecule has 1 aliphatic heterocycles. The van der Waals surface area contributed by atoms with Crippen LogP contribution in [0.1, 0.15) is 6.23 Å². The fourth-order valence-electron chi connectivity index (χ4n) is 2.45. The molecule has 4 atom stereocenters. The standard InChI is InChI=1S/C11H16N6O5/c12-9-6-10(15-2-14-9)17(3-16-6)11-8(20-4-21-13)7(19)5(1-18)22-11/h2-3,5,7-8,11,18-19H,1,4,13H2,(H2,12,14,15)/t5-,7-,8-,11-/m1/s1. The van der Waals surface area contributed by atoms with E-state index < -0.39 is 24.5 Å². The van der Waals surface area contributed by atoms with Crippen LogP contribution >= 0.6 is 0 Å². The van der Waals surface area contributed by atoms with Crippen LogP contribution in [0.25, 0.3) is 11.2 Å². The van der Waals surface area contributed by atoms with Crippen LogP contribution in [0.5, 0.6) is 0 Å². The Balaban J connectivity index is 1.97. The Morgan fingerprint density at radius 1 is 1.36 bits per heavy atom. The molecule has 0 amide bonds. The molecule has 0 bridgehead atoms. The van der Waals surface area contributed by atoms with E-state index in [1.165, 1.54) is 12.7 Å². The molecule has 0 saturated carbocycles. The smallest absolute Gasteiger partial charge is 0.167 e. The van der Waals surface area contributed by atoms with E-state index in [4.69, 9.17) is 21.1 Å². The highest BCUT2D eigenvalue weighted by Crippen LogP contribution is 2.33. The molecule has 1 saturated heterocycles. The number of nitrogen functional groups attached to an aromatic ring is 1. The molecule has 0 aliphatic carbocycles. The van der Waals surface area contributed by atoms with Crippen LogP contribution in [0.2, 0.25) is 0 Å². The van der Waals surface area contributed by atoms with Gasteiger partial charge < -0.3 is 25.4 Å². The third-order valence-corrected chi connectivity index (χ3v) is 3.48. The number of imidazole rings is 1. The van der Waals surface area contributed by atoms with E-state index in [0.29, 0.717) is 11.2 Å². The fourth-order valence-corrected chi connectivity index (χ4v) is 2.45. The first-order valence-electron chi connectivity index (χ1n) is 6.48. The van der Waals surface area contributed by atoms with Crippen LogP contribution in [0, 0.1) is 0 Å². The zero-order valence-electron chi connectivity index (χ0n) is 11.4. The van der Waals surface area contributed by atoms with Crippen LogP contribution in [0.3, 0.4) is 0 Å². The normalized spacial score (nSPS) is 28.5. The van der Waals surface area contributed by atoms with Gasteiger partial charge in [-0.2, -0.15) is 0 Å². The van der Waals surface area contributed by atoms with Crippen molar-refractivity contribution in [3.63, 3.8) is 0 Å². The fraction of sp³-hybridized carbons (Fsp3) is 0.545. The van der Waals surface area contributed by atoms with Gasteiger partial charge in [-0.05, 0) is 0 Å². The number of rotatable bonds is 5. The van der Waals surface area contributed by atoms with E-state index in [-0.39, 0.29) is 19.2 Å². The number of ether oxygens (including phenoxy) is 2. The summed E-state index contributed by atoms with van der Waals surface area (Å²) in [6.07, 6.45) is -0.738. The van der Waals surface area contributed by atoms with E-state index in [1.807, 2.05) is 0 Å². The Kier molecular flexibility index (Phi) is 4.15. The molecular weight excluding hydrogens is 296 g/mol. The minimum Gasteiger partial charge on any atom is -0.394 e. The summed E-state index contributed by atoms with van der Waals surface area (Å²) < 4.78 is 12.5. The highest BCUT2D eigenvalue weighted by molar-refractivity contribution is 5.81. The van der Waals surface area contributed by atoms with Gasteiger partial charge in [0.25, 0.3) is 0 Å². The van der Waals surface area contributed by atoms with Gasteiger partial charge >= 0.3 is 0 Å². The Bertz CT molecular complexity index is 651. The van der Waals surface area contributed by atoms with Crippen LogP contribution in [-0.4, -0.2) is 61.4 Å². The van der Waals surface area contributed by atoms with Crippen molar-refractivity contribution in [2.24, 2.45) is 5.90 Å². The molecule has 0 radical (unpaired) electrons. The monoisotopic (exact) mass is 312 g/mol. The van der Waals surface area contributed by atoms with Crippen LogP contribution in [0.4, 0.5) is 5.82 Å². The van der Waals surface area contributed by atoms with Gasteiger partial charge in [0.1, 0.15) is 30.2 Å². The van der Waals surface area contributed by atoms with E-state index in [0.717, 1.165) is 0 Å². The third kappa shape index (κ3) is 2.39. The van der Waals surface area contributed by atoms with E-state index in [9.17, 15) is 10.2 Å². The first-order valence-corrected chi connectivity index (χ1v) is 6.48. The lowest BCUT2D eigenvalue weighted by Crippen LogP contribution is -2.36. The zero-order valence-corrected chi connectivity index (χ0v) is 11.4. The van der Waals surface area contributed by atoms with Crippen LogP contribution in [-0.2, 0) is 14.3 Å². The molecule has 0 aromatic carbocycles. The number of fused-ring (bicyclic) bond motifs is 1. The summed E-state index contributed by atoms with van der Waals surface area (Å²) in [5.74, 6) is 5.17. The third-order valence-electron chi connectivity index (χ3n) is 3.48. The number of aliphatic hydroxyl groups is 2. The van der Waals surface area contributed by atoms with Crippen molar-refractivity contribution in [2.75, 3.05) is 19.1 Å². The van der Waals surface area contributed by atoms with Gasteiger partial charge in [0, 0.05) is 0 Å². The number of anilines is 1. The molecule has 6 N–H and O–H groups in total. The second-order valence-electron chi connectivity index (χ2n) is 4.74. The summed E-state index contributed by atoms with van der Waals surface area (Å²) in [7, 11) is 0. The quantitative estimate of drug-likeness (QED) is 0.355. The zero-order chi connectivity index (χ0) is 15.7. The van der Waals surface area contributed by atoms with Gasteiger partial charge in [0.15, 0.2) is 24.5 Å². The molecule has 3 heterocycles. The van der Waals surface area contributed by atoms with Crippen molar-refractivity contribution >= 4 is 17.0 Å². The van der Waals surface area contributed by atoms with Crippen molar-refractivity contribution < 1.29 is 24.5 Å². The van der Waals surface area contributed by atoms with Gasteiger partial charge in [0.05, 0.1) is 12.9 Å². The maximum Gasteiger partial charge on any atom is 0.167 e. The maximum atomic E-state index is 10.2. The molecule has 0 unspecified atom stereocenters. The first kappa shape index (κ1) is 15.0. The van der Waals surface area contributed by atoms with Crippen molar-refractivity contribution in [1.29, 1.82) is 0 Å². The van der Waals surface area contributed by atoms with Gasteiger partial charge in [-0.3, -0.25) is 9.40 Å². The lowest BCUT2D eigenvalue weighted by atomic mass is 10.1. The summed E-state index contributed by atoms with van der Waals surface area (Å²) >= 11 is 0. The van der Waals surface area contributed by atoms with Gasteiger partial charge in [-0.1, -0.05) is 0 Å². The first-order chi connectivity index (χ1) is 10.7. The Morgan fingerprint density at radius 2 is 2.18 bits per heavy atom. The highest BCUT2D eigenvalue weighted by Gasteiger charge is 2.46. The summed E-state index contributed by atoms with van der Waals surface area (Å²) in [6, 6.07) is 0. The minimum atomic E-state index is -1.07. The van der Waals surface area contributed by atoms with E-state index in [2.05, 4.69) is 19.8 Å². The second kappa shape index (κ2) is 6.08. The average molecular weight is 312 g/mol. The van der Waals surface area contributed by atoms with Gasteiger partial charge in [0.2, 0.25) is 0 Å². The topological polar surface area (TPSA) is 164 Å². The predicted molar refractivity (Wildman–Crippen MR) is 71.8 cm³/mol. The average Bonchev–Trinajstić information content (AvgIpc) is 3.07. The molecule has 1 aliphatic rings. The summed E-state index contributed by atoms with van der Waals surface area (Å²) in [5.41, 5.74) is 6.57. The predicted octanol–water partition coefficient (Wildman–Crippen LogP) is -2.11. The molecule has 0 spiro atoms. The molecule has 22 heavy (non-hydrogen) atoms. The largest absolute Gasteiger partial charge is 0.394 e. The lowest BCUT2D eigenvalue weighted by Gasteiger charge is -2.21. The number of aliphatic hydroxyl groups excluding tert-OH is 2. The Labute approximate surface area is 124 Å². The molecule has 2 aromatic heterocycles. The second-order valence-corrected chi connectivity index (χ2v) is 4.74. The summed E-state index contributed by atoms with van der Waals surface area (Å²) in [6.45, 7) is -0.617. The number of nitrogens with two attached hydrogens (primary N) is 2. The maximum absolute atomic E-state index is 10.2. The number of aromatic nitrogens is 4. The van der Waals surface area contributed by atoms with Crippen molar-refractivity contribution in [1.82, 2.24) is 19.5 Å². The summed E-state index contributed by atoms with van der Waals surface area (Å²) in [4.78, 5) is 16.5. The minimum absolute atomic E-state index is 0.226. The van der Waals surface area contributed by atoms with Gasteiger partial charge in [-0.25, -0.2) is 20.8 Å². The number of nitrogens with zero attached hydrogens (tertiary/aromatic N) is 4. The Hall–Kier alpha value is -1.89. The van der Waals surface area contributed by atoms with E-state index in [1.54, 1.807) is 4.57 Å². The molecule has 11 heteroatoms. The molecule has 120 valence electrons. The molecule has 3 rings (SSSR count). The molecule has 11 nitrogen and oxygen atoms in total. The van der Waals surface area contributed by atoms with Crippen molar-refractivity contribution in [2.45, 2.75) is 24.5 Å². The van der Waals surface area contributed by atoms with E-state index >= 15 is 0 Å². The molecular formula is C11H16N6O5. The molecule has 1 fully saturated rings. The molecule has 2 aromatic rings. The van der Waals surface area contributed by atoms with Crippen LogP contribution in [0.15, 0.2) is 12.7 Å². The van der Waals surface area contributed by atoms with Crippen molar-refractivity contribution in [3.8, 4) is 0 Å². The van der Waals surface area contributed by atoms with Crippen LogP contribution < -0.4 is 11.6 Å². The Morgan fingerprint density at radius 3 is 2.91 bits per heavy atom. The number of hydrogen-bond acceptors (Lipinski definition) is 10. The summed E-state index contributed by atoms with van der Waals surface area (Å²) in [5, 5.41) is 19.5. The number of hydrogen-bond donors (Lipinski definition) is 4. The van der Waals surface area contributed by atoms with Crippen molar-refractivity contribution in [3.05, 3.63) is 12.7 Å². The lowest BCUT2D eigenvalue weighted by molar-refractivity contribution is -0.139. The highest BCUT2D eigenvalue weighted by atomic mass is 16.7. The van der Waals surface area contributed by atoms with Gasteiger partial charge in [-0.15, -0.1) is 0 Å².